The molecule has 0 aliphatic carbocycles. The zero-order valence-electron chi connectivity index (χ0n) is 16.6. The largest absolute Gasteiger partial charge is 0.494 e. The topological polar surface area (TPSA) is 68.7 Å². The Morgan fingerprint density at radius 1 is 0.900 bits per heavy atom. The van der Waals surface area contributed by atoms with E-state index in [1.165, 1.54) is 0 Å². The molecule has 1 aromatic heterocycles. The van der Waals surface area contributed by atoms with Gasteiger partial charge in [-0.15, -0.1) is 0 Å². The van der Waals surface area contributed by atoms with E-state index < -0.39 is 5.97 Å². The highest BCUT2D eigenvalue weighted by Gasteiger charge is 2.18. The molecule has 0 bridgehead atoms. The predicted molar refractivity (Wildman–Crippen MR) is 119 cm³/mol. The van der Waals surface area contributed by atoms with Crippen molar-refractivity contribution in [2.24, 2.45) is 0 Å². The summed E-state index contributed by atoms with van der Waals surface area (Å²) in [5.74, 6) is 0.733. The summed E-state index contributed by atoms with van der Waals surface area (Å²) in [7, 11) is 0. The van der Waals surface area contributed by atoms with E-state index >= 15 is 0 Å². The van der Waals surface area contributed by atoms with Gasteiger partial charge >= 0.3 is 5.97 Å². The van der Waals surface area contributed by atoms with Crippen molar-refractivity contribution in [3.05, 3.63) is 89.7 Å². The quantitative estimate of drug-likeness (QED) is 0.242. The zero-order valence-corrected chi connectivity index (χ0v) is 17.5. The number of pyridine rings is 1. The summed E-state index contributed by atoms with van der Waals surface area (Å²) >= 11 is 3.85. The lowest BCUT2D eigenvalue weighted by Gasteiger charge is -2.18. The van der Waals surface area contributed by atoms with E-state index in [0.29, 0.717) is 18.8 Å². The van der Waals surface area contributed by atoms with Gasteiger partial charge in [0.05, 0.1) is 18.2 Å². The zero-order chi connectivity index (χ0) is 21.2. The molecule has 30 heavy (non-hydrogen) atoms. The highest BCUT2D eigenvalue weighted by atomic mass is 32.1. The lowest BCUT2D eigenvalue weighted by Crippen LogP contribution is -2.05. The number of thiol groups is 1. The van der Waals surface area contributed by atoms with Crippen molar-refractivity contribution in [1.82, 2.24) is 4.98 Å². The lowest BCUT2D eigenvalue weighted by molar-refractivity contribution is -0.137. The number of hydrogen-bond donors (Lipinski definition) is 2. The van der Waals surface area contributed by atoms with E-state index in [4.69, 9.17) is 14.0 Å². The molecular weight excluding hydrogens is 398 g/mol. The minimum atomic E-state index is -0.748. The third kappa shape index (κ3) is 6.26. The molecule has 3 aromatic rings. The van der Waals surface area contributed by atoms with E-state index in [1.807, 2.05) is 54.6 Å². The van der Waals surface area contributed by atoms with Gasteiger partial charge in [-0.1, -0.05) is 30.3 Å². The normalized spacial score (nSPS) is 11.6. The smallest absolute Gasteiger partial charge is 0.303 e. The molecule has 0 aliphatic heterocycles. The number of ether oxygens (including phenoxy) is 1. The van der Waals surface area contributed by atoms with Gasteiger partial charge < -0.3 is 14.0 Å². The van der Waals surface area contributed by atoms with Gasteiger partial charge in [-0.25, -0.2) is 0 Å². The second kappa shape index (κ2) is 11.3. The molecule has 1 unspecified atom stereocenters. The Bertz CT molecular complexity index is 914. The van der Waals surface area contributed by atoms with Crippen molar-refractivity contribution in [3.8, 4) is 11.5 Å². The Labute approximate surface area is 182 Å². The van der Waals surface area contributed by atoms with E-state index in [2.05, 4.69) is 30.0 Å². The molecule has 3 rings (SSSR count). The summed E-state index contributed by atoms with van der Waals surface area (Å²) < 4.78 is 10.8. The van der Waals surface area contributed by atoms with Crippen molar-refractivity contribution in [2.45, 2.75) is 31.6 Å². The average molecular weight is 424 g/mol. The van der Waals surface area contributed by atoms with Crippen LogP contribution in [0.4, 0.5) is 0 Å². The number of carbonyl (C=O) groups is 1. The van der Waals surface area contributed by atoms with Crippen LogP contribution in [0.1, 0.15) is 48.4 Å². The first-order valence-corrected chi connectivity index (χ1v) is 10.3. The van der Waals surface area contributed by atoms with Crippen molar-refractivity contribution >= 4 is 18.9 Å². The Hall–Kier alpha value is -2.99. The van der Waals surface area contributed by atoms with Crippen LogP contribution < -0.4 is 8.92 Å². The predicted octanol–water partition coefficient (Wildman–Crippen LogP) is 5.51. The SMILES string of the molecule is O=C(O)CCCCCOc1ccc(C(c2ccc(OS)cc2)c2ccccn2)cc1. The van der Waals surface area contributed by atoms with Crippen molar-refractivity contribution in [2.75, 3.05) is 6.61 Å². The molecule has 1 N–H and O–H groups in total. The number of carboxylic acid groups (broad SMARTS) is 1. The van der Waals surface area contributed by atoms with E-state index in [0.717, 1.165) is 35.4 Å². The molecule has 0 fully saturated rings. The summed E-state index contributed by atoms with van der Waals surface area (Å²) in [5, 5.41) is 8.66. The first-order chi connectivity index (χ1) is 14.7. The van der Waals surface area contributed by atoms with Crippen LogP contribution in [0.2, 0.25) is 0 Å². The third-order valence-electron chi connectivity index (χ3n) is 4.82. The molecule has 156 valence electrons. The van der Waals surface area contributed by atoms with Gasteiger partial charge in [-0.2, -0.15) is 0 Å². The number of benzene rings is 2. The molecule has 0 radical (unpaired) electrons. The van der Waals surface area contributed by atoms with Crippen LogP contribution in [-0.4, -0.2) is 22.7 Å². The molecule has 1 heterocycles. The van der Waals surface area contributed by atoms with Gasteiger partial charge in [0.2, 0.25) is 0 Å². The molecule has 2 aromatic carbocycles. The van der Waals surface area contributed by atoms with Crippen LogP contribution in [0.3, 0.4) is 0 Å². The van der Waals surface area contributed by atoms with Gasteiger partial charge in [0.15, 0.2) is 0 Å². The molecule has 1 atom stereocenters. The average Bonchev–Trinajstić information content (AvgIpc) is 2.78. The highest BCUT2D eigenvalue weighted by Crippen LogP contribution is 2.32. The molecule has 5 nitrogen and oxygen atoms in total. The van der Waals surface area contributed by atoms with Crippen LogP contribution in [0.25, 0.3) is 0 Å². The second-order valence-corrected chi connectivity index (χ2v) is 7.15. The highest BCUT2D eigenvalue weighted by molar-refractivity contribution is 7.75. The molecule has 0 saturated heterocycles. The fourth-order valence-corrected chi connectivity index (χ4v) is 3.43. The van der Waals surface area contributed by atoms with Crippen LogP contribution >= 0.6 is 12.9 Å². The summed E-state index contributed by atoms with van der Waals surface area (Å²) in [6.45, 7) is 0.577. The summed E-state index contributed by atoms with van der Waals surface area (Å²) in [4.78, 5) is 15.1. The van der Waals surface area contributed by atoms with Gasteiger partial charge in [-0.3, -0.25) is 9.78 Å². The number of carboxylic acids is 1. The van der Waals surface area contributed by atoms with Crippen LogP contribution in [0.5, 0.6) is 11.5 Å². The summed E-state index contributed by atoms with van der Waals surface area (Å²) in [6, 6.07) is 21.8. The number of unbranched alkanes of at least 4 members (excludes halogenated alkanes) is 2. The first kappa shape index (κ1) is 21.7. The monoisotopic (exact) mass is 423 g/mol. The summed E-state index contributed by atoms with van der Waals surface area (Å²) in [6.07, 6.45) is 4.38. The fourth-order valence-electron chi connectivity index (χ4n) is 3.30. The lowest BCUT2D eigenvalue weighted by atomic mass is 9.88. The number of aromatic nitrogens is 1. The van der Waals surface area contributed by atoms with Crippen molar-refractivity contribution < 1.29 is 18.8 Å². The Morgan fingerprint density at radius 3 is 2.13 bits per heavy atom. The van der Waals surface area contributed by atoms with Gasteiger partial charge in [0.25, 0.3) is 0 Å². The van der Waals surface area contributed by atoms with Crippen molar-refractivity contribution in [3.63, 3.8) is 0 Å². The number of rotatable bonds is 11. The third-order valence-corrected chi connectivity index (χ3v) is 5.03. The van der Waals surface area contributed by atoms with Gasteiger partial charge in [-0.05, 0) is 66.8 Å². The van der Waals surface area contributed by atoms with Gasteiger partial charge in [0.1, 0.15) is 11.5 Å². The Balaban J connectivity index is 1.69. The maximum atomic E-state index is 10.5. The number of aliphatic carboxylic acids is 1. The van der Waals surface area contributed by atoms with Crippen LogP contribution in [0, 0.1) is 0 Å². The van der Waals surface area contributed by atoms with E-state index in [9.17, 15) is 4.79 Å². The van der Waals surface area contributed by atoms with Crippen molar-refractivity contribution in [1.29, 1.82) is 0 Å². The summed E-state index contributed by atoms with van der Waals surface area (Å²) in [5.41, 5.74) is 3.18. The molecular formula is C24H25NO4S. The number of nitrogens with zero attached hydrogens (tertiary/aromatic N) is 1. The van der Waals surface area contributed by atoms with Gasteiger partial charge in [0, 0.05) is 25.5 Å². The minimum absolute atomic E-state index is 0.00904. The maximum Gasteiger partial charge on any atom is 0.303 e. The minimum Gasteiger partial charge on any atom is -0.494 e. The van der Waals surface area contributed by atoms with Crippen LogP contribution in [-0.2, 0) is 4.79 Å². The van der Waals surface area contributed by atoms with Crippen LogP contribution in [0.15, 0.2) is 72.9 Å². The van der Waals surface area contributed by atoms with E-state index in [1.54, 1.807) is 6.20 Å². The first-order valence-electron chi connectivity index (χ1n) is 9.94. The molecule has 0 spiro atoms. The number of hydrogen-bond acceptors (Lipinski definition) is 5. The Kier molecular flexibility index (Phi) is 8.15. The fraction of sp³-hybridized carbons (Fsp3) is 0.250. The molecule has 0 amide bonds. The molecule has 0 saturated carbocycles. The Morgan fingerprint density at radius 2 is 1.57 bits per heavy atom. The molecule has 0 aliphatic rings. The standard InChI is InChI=1S/C24H25NO4S/c26-23(27)7-2-1-5-17-28-20-12-8-18(9-13-20)24(22-6-3-4-16-25-22)19-10-14-21(29-30)15-11-19/h3-4,6,8-16,24,30H,1-2,5,7,17H2,(H,26,27). The maximum absolute atomic E-state index is 10.5. The molecule has 6 heteroatoms. The second-order valence-electron chi connectivity index (χ2n) is 6.97. The van der Waals surface area contributed by atoms with E-state index in [-0.39, 0.29) is 12.3 Å².